The summed E-state index contributed by atoms with van der Waals surface area (Å²) < 4.78 is 0. The SMILES string of the molecule is O=C(O)Cc1ccc(NO)cc1. The van der Waals surface area contributed by atoms with Gasteiger partial charge in [0, 0.05) is 0 Å². The molecule has 0 aromatic heterocycles. The highest BCUT2D eigenvalue weighted by Crippen LogP contribution is 2.08. The van der Waals surface area contributed by atoms with Gasteiger partial charge in [0.15, 0.2) is 0 Å². The first-order valence-corrected chi connectivity index (χ1v) is 3.43. The third-order valence-electron chi connectivity index (χ3n) is 1.44. The summed E-state index contributed by atoms with van der Waals surface area (Å²) in [4.78, 5) is 10.3. The van der Waals surface area contributed by atoms with Gasteiger partial charge in [-0.3, -0.25) is 15.5 Å². The van der Waals surface area contributed by atoms with Crippen molar-refractivity contribution in [1.82, 2.24) is 0 Å². The van der Waals surface area contributed by atoms with Gasteiger partial charge in [-0.05, 0) is 17.7 Å². The third kappa shape index (κ3) is 2.25. The molecule has 1 rings (SSSR count). The van der Waals surface area contributed by atoms with Gasteiger partial charge in [0.05, 0.1) is 12.1 Å². The molecular weight excluding hydrogens is 158 g/mol. The van der Waals surface area contributed by atoms with E-state index in [0.717, 1.165) is 0 Å². The number of aliphatic carboxylic acids is 1. The smallest absolute Gasteiger partial charge is 0.307 e. The molecule has 0 heterocycles. The van der Waals surface area contributed by atoms with E-state index >= 15 is 0 Å². The molecule has 3 N–H and O–H groups in total. The molecule has 0 aliphatic heterocycles. The highest BCUT2D eigenvalue weighted by Gasteiger charge is 1.98. The van der Waals surface area contributed by atoms with Gasteiger partial charge in [0.2, 0.25) is 0 Å². The number of carboxylic acid groups (broad SMARTS) is 1. The zero-order valence-corrected chi connectivity index (χ0v) is 6.32. The van der Waals surface area contributed by atoms with Crippen LogP contribution < -0.4 is 5.48 Å². The zero-order valence-electron chi connectivity index (χ0n) is 6.32. The van der Waals surface area contributed by atoms with E-state index in [2.05, 4.69) is 0 Å². The van der Waals surface area contributed by atoms with Crippen molar-refractivity contribution < 1.29 is 15.1 Å². The van der Waals surface area contributed by atoms with Crippen molar-refractivity contribution in [2.45, 2.75) is 6.42 Å². The van der Waals surface area contributed by atoms with E-state index in [9.17, 15) is 4.79 Å². The lowest BCUT2D eigenvalue weighted by atomic mass is 10.1. The summed E-state index contributed by atoms with van der Waals surface area (Å²) in [5.74, 6) is -0.861. The van der Waals surface area contributed by atoms with Crippen LogP contribution in [0.5, 0.6) is 0 Å². The Hall–Kier alpha value is -1.55. The minimum atomic E-state index is -0.861. The molecule has 1 aromatic rings. The fraction of sp³-hybridized carbons (Fsp3) is 0.125. The van der Waals surface area contributed by atoms with Crippen LogP contribution in [0.3, 0.4) is 0 Å². The molecule has 0 aliphatic rings. The second kappa shape index (κ2) is 3.73. The molecule has 0 amide bonds. The number of hydrogen-bond donors (Lipinski definition) is 3. The van der Waals surface area contributed by atoms with Crippen LogP contribution in [0.4, 0.5) is 5.69 Å². The maximum Gasteiger partial charge on any atom is 0.307 e. The summed E-state index contributed by atoms with van der Waals surface area (Å²) >= 11 is 0. The molecule has 1 aromatic carbocycles. The van der Waals surface area contributed by atoms with Gasteiger partial charge >= 0.3 is 5.97 Å². The van der Waals surface area contributed by atoms with Crippen molar-refractivity contribution in [3.05, 3.63) is 29.8 Å². The van der Waals surface area contributed by atoms with Gasteiger partial charge in [-0.15, -0.1) is 0 Å². The predicted octanol–water partition coefficient (Wildman–Crippen LogP) is 1.11. The van der Waals surface area contributed by atoms with Crippen LogP contribution in [0.25, 0.3) is 0 Å². The first kappa shape index (κ1) is 8.55. The lowest BCUT2D eigenvalue weighted by Gasteiger charge is -1.99. The number of hydrogen-bond acceptors (Lipinski definition) is 3. The minimum Gasteiger partial charge on any atom is -0.481 e. The molecule has 4 heteroatoms. The Bertz CT molecular complexity index is 268. The topological polar surface area (TPSA) is 69.6 Å². The highest BCUT2D eigenvalue weighted by molar-refractivity contribution is 5.70. The molecule has 0 saturated heterocycles. The predicted molar refractivity (Wildman–Crippen MR) is 43.2 cm³/mol. The summed E-state index contributed by atoms with van der Waals surface area (Å²) in [5, 5.41) is 16.9. The van der Waals surface area contributed by atoms with Crippen LogP contribution in [0.15, 0.2) is 24.3 Å². The van der Waals surface area contributed by atoms with Gasteiger partial charge in [-0.1, -0.05) is 12.1 Å². The van der Waals surface area contributed by atoms with Crippen molar-refractivity contribution in [2.75, 3.05) is 5.48 Å². The Morgan fingerprint density at radius 2 is 1.92 bits per heavy atom. The fourth-order valence-corrected chi connectivity index (χ4v) is 0.872. The molecular formula is C8H9NO3. The van der Waals surface area contributed by atoms with Crippen molar-refractivity contribution in [2.24, 2.45) is 0 Å². The maximum atomic E-state index is 10.3. The Kier molecular flexibility index (Phi) is 2.66. The number of rotatable bonds is 3. The standard InChI is InChI=1S/C8H9NO3/c10-8(11)5-6-1-3-7(9-12)4-2-6/h1-4,9,12H,5H2,(H,10,11). The summed E-state index contributed by atoms with van der Waals surface area (Å²) in [7, 11) is 0. The number of carbonyl (C=O) groups is 1. The van der Waals surface area contributed by atoms with Crippen molar-refractivity contribution in [3.63, 3.8) is 0 Å². The monoisotopic (exact) mass is 167 g/mol. The van der Waals surface area contributed by atoms with Crippen molar-refractivity contribution in [1.29, 1.82) is 0 Å². The molecule has 0 fully saturated rings. The molecule has 0 radical (unpaired) electrons. The van der Waals surface area contributed by atoms with E-state index in [1.54, 1.807) is 24.3 Å². The van der Waals surface area contributed by atoms with Crippen LogP contribution in [0, 0.1) is 0 Å². The molecule has 0 unspecified atom stereocenters. The molecule has 12 heavy (non-hydrogen) atoms. The Morgan fingerprint density at radius 1 is 1.33 bits per heavy atom. The molecule has 4 nitrogen and oxygen atoms in total. The summed E-state index contributed by atoms with van der Waals surface area (Å²) in [5.41, 5.74) is 3.22. The summed E-state index contributed by atoms with van der Waals surface area (Å²) in [6, 6.07) is 6.51. The van der Waals surface area contributed by atoms with Crippen LogP contribution in [-0.4, -0.2) is 16.3 Å². The largest absolute Gasteiger partial charge is 0.481 e. The van der Waals surface area contributed by atoms with Crippen LogP contribution >= 0.6 is 0 Å². The van der Waals surface area contributed by atoms with E-state index in [1.807, 2.05) is 5.48 Å². The molecule has 0 atom stereocenters. The van der Waals surface area contributed by atoms with Crippen molar-refractivity contribution in [3.8, 4) is 0 Å². The maximum absolute atomic E-state index is 10.3. The van der Waals surface area contributed by atoms with Crippen LogP contribution in [0.2, 0.25) is 0 Å². The van der Waals surface area contributed by atoms with Gasteiger partial charge in [0.25, 0.3) is 0 Å². The average molecular weight is 167 g/mol. The van der Waals surface area contributed by atoms with E-state index in [0.29, 0.717) is 11.3 Å². The summed E-state index contributed by atoms with van der Waals surface area (Å²) in [6.07, 6.45) is 0.00566. The molecule has 64 valence electrons. The zero-order chi connectivity index (χ0) is 8.97. The Labute approximate surface area is 69.4 Å². The number of benzene rings is 1. The quantitative estimate of drug-likeness (QED) is 0.590. The first-order valence-electron chi connectivity index (χ1n) is 3.43. The van der Waals surface area contributed by atoms with E-state index in [1.165, 1.54) is 0 Å². The van der Waals surface area contributed by atoms with E-state index in [-0.39, 0.29) is 6.42 Å². The number of carboxylic acids is 1. The third-order valence-corrected chi connectivity index (χ3v) is 1.44. The van der Waals surface area contributed by atoms with E-state index in [4.69, 9.17) is 10.3 Å². The van der Waals surface area contributed by atoms with Gasteiger partial charge in [0.1, 0.15) is 0 Å². The van der Waals surface area contributed by atoms with Crippen molar-refractivity contribution >= 4 is 11.7 Å². The molecule has 0 saturated carbocycles. The lowest BCUT2D eigenvalue weighted by molar-refractivity contribution is -0.136. The summed E-state index contributed by atoms with van der Waals surface area (Å²) in [6.45, 7) is 0. The lowest BCUT2D eigenvalue weighted by Crippen LogP contribution is -1.99. The van der Waals surface area contributed by atoms with Gasteiger partial charge < -0.3 is 5.11 Å². The highest BCUT2D eigenvalue weighted by atomic mass is 16.5. The molecule has 0 spiro atoms. The first-order chi connectivity index (χ1) is 5.72. The molecule has 0 bridgehead atoms. The molecule has 0 aliphatic carbocycles. The number of anilines is 1. The van der Waals surface area contributed by atoms with Crippen LogP contribution in [-0.2, 0) is 11.2 Å². The normalized spacial score (nSPS) is 9.42. The second-order valence-electron chi connectivity index (χ2n) is 2.38. The fourth-order valence-electron chi connectivity index (χ4n) is 0.872. The Morgan fingerprint density at radius 3 is 2.33 bits per heavy atom. The Balaban J connectivity index is 2.71. The van der Waals surface area contributed by atoms with E-state index < -0.39 is 5.97 Å². The minimum absolute atomic E-state index is 0.00566. The average Bonchev–Trinajstić information content (AvgIpc) is 2.05. The van der Waals surface area contributed by atoms with Gasteiger partial charge in [-0.25, -0.2) is 0 Å². The van der Waals surface area contributed by atoms with Gasteiger partial charge in [-0.2, -0.15) is 0 Å². The number of nitrogens with one attached hydrogen (secondary N) is 1. The second-order valence-corrected chi connectivity index (χ2v) is 2.38. The van der Waals surface area contributed by atoms with Crippen LogP contribution in [0.1, 0.15) is 5.56 Å².